The highest BCUT2D eigenvalue weighted by Gasteiger charge is 2.41. The van der Waals surface area contributed by atoms with Crippen molar-refractivity contribution in [2.75, 3.05) is 24.7 Å². The molecule has 3 rings (SSSR count). The Morgan fingerprint density at radius 3 is 2.00 bits per heavy atom. The molecule has 34 heavy (non-hydrogen) atoms. The predicted molar refractivity (Wildman–Crippen MR) is 128 cm³/mol. The molecule has 0 unspecified atom stereocenters. The Labute approximate surface area is 200 Å². The van der Waals surface area contributed by atoms with E-state index in [0.29, 0.717) is 5.69 Å². The normalized spacial score (nSPS) is 17.2. The molecular formula is C23H30N2O7S2. The van der Waals surface area contributed by atoms with E-state index in [1.807, 2.05) is 12.1 Å². The summed E-state index contributed by atoms with van der Waals surface area (Å²) in [5.41, 5.74) is 1.56. The van der Waals surface area contributed by atoms with Gasteiger partial charge in [-0.15, -0.1) is 0 Å². The number of rotatable bonds is 5. The van der Waals surface area contributed by atoms with Crippen LogP contribution in [-0.2, 0) is 30.0 Å². The van der Waals surface area contributed by atoms with E-state index in [1.165, 1.54) is 24.3 Å². The van der Waals surface area contributed by atoms with Gasteiger partial charge in [-0.2, -0.15) is 4.31 Å². The minimum atomic E-state index is -4.13. The maximum Gasteiger partial charge on any atom is 0.414 e. The second kappa shape index (κ2) is 9.29. The van der Waals surface area contributed by atoms with Crippen molar-refractivity contribution in [2.45, 2.75) is 54.6 Å². The summed E-state index contributed by atoms with van der Waals surface area (Å²) >= 11 is 0. The van der Waals surface area contributed by atoms with Crippen molar-refractivity contribution in [1.29, 1.82) is 0 Å². The molecule has 1 aliphatic heterocycles. The van der Waals surface area contributed by atoms with E-state index < -0.39 is 31.7 Å². The van der Waals surface area contributed by atoms with Gasteiger partial charge >= 0.3 is 6.09 Å². The smallest absolute Gasteiger partial charge is 0.414 e. The number of hydrogen-bond donors (Lipinski definition) is 2. The lowest BCUT2D eigenvalue weighted by atomic mass is 9.87. The number of piperidine rings is 1. The quantitative estimate of drug-likeness (QED) is 0.591. The zero-order valence-corrected chi connectivity index (χ0v) is 21.2. The maximum atomic E-state index is 13.1. The average Bonchev–Trinajstić information content (AvgIpc) is 2.73. The first kappa shape index (κ1) is 26.1. The van der Waals surface area contributed by atoms with Gasteiger partial charge in [0.2, 0.25) is 15.8 Å². The summed E-state index contributed by atoms with van der Waals surface area (Å²) in [5.74, 6) is -1.85. The molecule has 0 radical (unpaired) electrons. The van der Waals surface area contributed by atoms with Gasteiger partial charge in [-0.1, -0.05) is 45.0 Å². The summed E-state index contributed by atoms with van der Waals surface area (Å²) in [4.78, 5) is 11.7. The van der Waals surface area contributed by atoms with Crippen molar-refractivity contribution in [1.82, 2.24) is 4.31 Å². The molecule has 0 aliphatic carbocycles. The fourth-order valence-electron chi connectivity index (χ4n) is 3.66. The molecular weight excluding hydrogens is 480 g/mol. The number of carbonyl (C=O) groups excluding carboxylic acids is 1. The highest BCUT2D eigenvalue weighted by atomic mass is 32.2. The average molecular weight is 511 g/mol. The fraction of sp³-hybridized carbons (Fsp3) is 0.435. The van der Waals surface area contributed by atoms with E-state index in [9.17, 15) is 26.7 Å². The van der Waals surface area contributed by atoms with Crippen LogP contribution in [0.5, 0.6) is 0 Å². The number of anilines is 1. The highest BCUT2D eigenvalue weighted by molar-refractivity contribution is 7.93. The van der Waals surface area contributed by atoms with E-state index >= 15 is 0 Å². The van der Waals surface area contributed by atoms with Crippen LogP contribution in [-0.4, -0.2) is 57.5 Å². The number of nitrogens with one attached hydrogen (secondary N) is 1. The van der Waals surface area contributed by atoms with Crippen molar-refractivity contribution in [3.8, 4) is 0 Å². The summed E-state index contributed by atoms with van der Waals surface area (Å²) in [6.07, 6.45) is -0.239. The summed E-state index contributed by atoms with van der Waals surface area (Å²) in [5, 5.41) is 13.3. The molecule has 2 aromatic carbocycles. The topological polar surface area (TPSA) is 130 Å². The van der Waals surface area contributed by atoms with Crippen LogP contribution >= 0.6 is 0 Å². The second-order valence-electron chi connectivity index (χ2n) is 9.41. The van der Waals surface area contributed by atoms with E-state index in [4.69, 9.17) is 4.74 Å². The van der Waals surface area contributed by atoms with Crippen molar-refractivity contribution in [2.24, 2.45) is 0 Å². The van der Waals surface area contributed by atoms with E-state index in [2.05, 4.69) is 26.1 Å². The Morgan fingerprint density at radius 1 is 0.971 bits per heavy atom. The van der Waals surface area contributed by atoms with Crippen LogP contribution in [0.15, 0.2) is 58.3 Å². The molecule has 11 heteroatoms. The molecule has 1 amide bonds. The number of hydrogen-bond acceptors (Lipinski definition) is 7. The third-order valence-electron chi connectivity index (χ3n) is 5.65. The number of sulfone groups is 1. The Bertz CT molecular complexity index is 1260. The van der Waals surface area contributed by atoms with Gasteiger partial charge in [0.05, 0.1) is 4.90 Å². The number of amides is 1. The Balaban J connectivity index is 1.65. The van der Waals surface area contributed by atoms with Crippen LogP contribution in [0, 0.1) is 0 Å². The number of carbonyl (C=O) groups is 1. The van der Waals surface area contributed by atoms with Crippen LogP contribution in [0.1, 0.15) is 39.2 Å². The zero-order chi connectivity index (χ0) is 25.4. The molecule has 0 spiro atoms. The number of aliphatic hydroxyl groups is 1. The predicted octanol–water partition coefficient (Wildman–Crippen LogP) is 3.11. The standard InChI is InChI=1S/C23H30N2O7S2/c1-22(2,3)17-9-11-18(12-10-17)24-21(26)32-23(27)13-15-25(16-14-23)34(30,31)20-8-6-5-7-19(20)33(4,28)29/h5-12,27H,13-16H2,1-4H3,(H,24,26). The Morgan fingerprint density at radius 2 is 1.50 bits per heavy atom. The molecule has 0 atom stereocenters. The summed E-state index contributed by atoms with van der Waals surface area (Å²) in [6.45, 7) is 5.93. The monoisotopic (exact) mass is 510 g/mol. The number of nitrogens with zero attached hydrogens (tertiary/aromatic N) is 1. The molecule has 1 saturated heterocycles. The molecule has 2 N–H and O–H groups in total. The summed E-state index contributed by atoms with van der Waals surface area (Å²) in [7, 11) is -7.90. The fourth-order valence-corrected chi connectivity index (χ4v) is 6.70. The number of sulfonamides is 1. The lowest BCUT2D eigenvalue weighted by Crippen LogP contribution is -2.49. The van der Waals surface area contributed by atoms with Crippen LogP contribution in [0.4, 0.5) is 10.5 Å². The van der Waals surface area contributed by atoms with Crippen LogP contribution in [0.3, 0.4) is 0 Å². The summed E-state index contributed by atoms with van der Waals surface area (Å²) < 4.78 is 56.5. The van der Waals surface area contributed by atoms with Gasteiger partial charge in [0.25, 0.3) is 0 Å². The molecule has 0 bridgehead atoms. The van der Waals surface area contributed by atoms with Crippen molar-refractivity contribution >= 4 is 31.6 Å². The van der Waals surface area contributed by atoms with E-state index in [0.717, 1.165) is 16.1 Å². The van der Waals surface area contributed by atoms with E-state index in [1.54, 1.807) is 12.1 Å². The van der Waals surface area contributed by atoms with Gasteiger partial charge in [-0.3, -0.25) is 5.32 Å². The maximum absolute atomic E-state index is 13.1. The Hall–Kier alpha value is -2.47. The minimum absolute atomic E-state index is 0.0374. The van der Waals surface area contributed by atoms with Gasteiger partial charge in [0.1, 0.15) is 4.90 Å². The van der Waals surface area contributed by atoms with Crippen LogP contribution in [0.25, 0.3) is 0 Å². The lowest BCUT2D eigenvalue weighted by Gasteiger charge is -2.36. The van der Waals surface area contributed by atoms with Crippen LogP contribution in [0.2, 0.25) is 0 Å². The third kappa shape index (κ3) is 5.96. The van der Waals surface area contributed by atoms with Crippen LogP contribution < -0.4 is 5.32 Å². The molecule has 0 aromatic heterocycles. The molecule has 9 nitrogen and oxygen atoms in total. The van der Waals surface area contributed by atoms with Crippen molar-refractivity contribution < 1.29 is 31.5 Å². The molecule has 1 aliphatic rings. The SMILES string of the molecule is CC(C)(C)c1ccc(NC(=O)OC2(O)CCN(S(=O)(=O)c3ccccc3S(C)(=O)=O)CC2)cc1. The Kier molecular flexibility index (Phi) is 7.14. The third-order valence-corrected chi connectivity index (χ3v) is 8.89. The number of benzene rings is 2. The highest BCUT2D eigenvalue weighted by Crippen LogP contribution is 2.31. The van der Waals surface area contributed by atoms with Crippen molar-refractivity contribution in [3.05, 3.63) is 54.1 Å². The first-order chi connectivity index (χ1) is 15.6. The van der Waals surface area contributed by atoms with E-state index in [-0.39, 0.29) is 41.1 Å². The lowest BCUT2D eigenvalue weighted by molar-refractivity contribution is -0.180. The van der Waals surface area contributed by atoms with Crippen molar-refractivity contribution in [3.63, 3.8) is 0 Å². The second-order valence-corrected chi connectivity index (χ2v) is 13.3. The molecule has 1 heterocycles. The summed E-state index contributed by atoms with van der Waals surface area (Å²) in [6, 6.07) is 12.6. The molecule has 1 fully saturated rings. The zero-order valence-electron chi connectivity index (χ0n) is 19.6. The van der Waals surface area contributed by atoms with Gasteiger partial charge in [-0.25, -0.2) is 21.6 Å². The molecule has 2 aromatic rings. The number of ether oxygens (including phenoxy) is 1. The first-order valence-electron chi connectivity index (χ1n) is 10.7. The van der Waals surface area contributed by atoms with Gasteiger partial charge in [0.15, 0.2) is 9.84 Å². The largest absolute Gasteiger partial charge is 0.417 e. The van der Waals surface area contributed by atoms with Gasteiger partial charge in [0, 0.05) is 37.9 Å². The minimum Gasteiger partial charge on any atom is -0.417 e. The molecule has 0 saturated carbocycles. The molecule has 186 valence electrons. The first-order valence-corrected chi connectivity index (χ1v) is 14.1. The van der Waals surface area contributed by atoms with Gasteiger partial charge in [-0.05, 0) is 35.2 Å². The van der Waals surface area contributed by atoms with Gasteiger partial charge < -0.3 is 9.84 Å².